The summed E-state index contributed by atoms with van der Waals surface area (Å²) >= 11 is 0. The summed E-state index contributed by atoms with van der Waals surface area (Å²) in [4.78, 5) is 32.4. The van der Waals surface area contributed by atoms with Crippen molar-refractivity contribution in [2.24, 2.45) is 5.92 Å². The summed E-state index contributed by atoms with van der Waals surface area (Å²) in [5, 5.41) is 8.30. The molecule has 1 aliphatic heterocycles. The van der Waals surface area contributed by atoms with E-state index in [4.69, 9.17) is 0 Å². The molecule has 0 spiro atoms. The zero-order valence-electron chi connectivity index (χ0n) is 16.8. The third-order valence-electron chi connectivity index (χ3n) is 5.06. The molecule has 1 aromatic carbocycles. The van der Waals surface area contributed by atoms with Crippen LogP contribution in [-0.4, -0.2) is 33.8 Å². The predicted molar refractivity (Wildman–Crippen MR) is 114 cm³/mol. The van der Waals surface area contributed by atoms with Crippen molar-refractivity contribution in [3.63, 3.8) is 0 Å². The van der Waals surface area contributed by atoms with Gasteiger partial charge in [-0.25, -0.2) is 9.67 Å². The topological polar surface area (TPSA) is 80.1 Å². The first-order valence-electron chi connectivity index (χ1n) is 10.0. The number of carbonyl (C=O) groups is 1. The lowest BCUT2D eigenvalue weighted by Crippen LogP contribution is -2.29. The highest BCUT2D eigenvalue weighted by Crippen LogP contribution is 2.20. The summed E-state index contributed by atoms with van der Waals surface area (Å²) in [6.07, 6.45) is 4.04. The van der Waals surface area contributed by atoms with Crippen molar-refractivity contribution in [2.45, 2.75) is 33.2 Å². The number of anilines is 2. The average Bonchev–Trinajstić information content (AvgIpc) is 3.25. The average molecular weight is 391 g/mol. The van der Waals surface area contributed by atoms with Crippen molar-refractivity contribution in [1.82, 2.24) is 14.8 Å². The second-order valence-electron chi connectivity index (χ2n) is 7.83. The van der Waals surface area contributed by atoms with E-state index in [0.717, 1.165) is 18.9 Å². The van der Waals surface area contributed by atoms with Crippen molar-refractivity contribution in [2.75, 3.05) is 23.3 Å². The van der Waals surface area contributed by atoms with Gasteiger partial charge in [0.2, 0.25) is 0 Å². The lowest BCUT2D eigenvalue weighted by atomic mass is 10.1. The highest BCUT2D eigenvalue weighted by atomic mass is 16.2. The molecular formula is C22H25N5O2. The minimum absolute atomic E-state index is 0.178. The fourth-order valence-corrected chi connectivity index (χ4v) is 3.66. The first kappa shape index (κ1) is 19.1. The molecule has 0 atom stereocenters. The quantitative estimate of drug-likeness (QED) is 0.722. The molecule has 0 saturated carbocycles. The van der Waals surface area contributed by atoms with Crippen LogP contribution in [0, 0.1) is 5.92 Å². The second kappa shape index (κ2) is 8.03. The van der Waals surface area contributed by atoms with Gasteiger partial charge in [-0.2, -0.15) is 5.10 Å². The monoisotopic (exact) mass is 391 g/mol. The summed E-state index contributed by atoms with van der Waals surface area (Å²) in [5.74, 6) is 0.809. The van der Waals surface area contributed by atoms with E-state index in [2.05, 4.69) is 20.3 Å². The molecule has 1 aliphatic rings. The zero-order valence-corrected chi connectivity index (χ0v) is 16.8. The van der Waals surface area contributed by atoms with Gasteiger partial charge in [-0.3, -0.25) is 9.59 Å². The number of aromatic nitrogens is 3. The van der Waals surface area contributed by atoms with Crippen LogP contribution in [0.4, 0.5) is 11.5 Å². The molecule has 3 aromatic rings. The Morgan fingerprint density at radius 1 is 1.10 bits per heavy atom. The van der Waals surface area contributed by atoms with Crippen LogP contribution in [-0.2, 0) is 6.54 Å². The fourth-order valence-electron chi connectivity index (χ4n) is 3.66. The molecular weight excluding hydrogens is 366 g/mol. The summed E-state index contributed by atoms with van der Waals surface area (Å²) < 4.78 is 1.39. The third kappa shape index (κ3) is 3.99. The molecule has 0 aliphatic carbocycles. The van der Waals surface area contributed by atoms with Crippen LogP contribution >= 0.6 is 0 Å². The Hall–Kier alpha value is -3.22. The minimum Gasteiger partial charge on any atom is -0.357 e. The molecule has 1 N–H and O–H groups in total. The van der Waals surface area contributed by atoms with Crippen LogP contribution in [0.3, 0.4) is 0 Å². The Kier molecular flexibility index (Phi) is 5.29. The van der Waals surface area contributed by atoms with E-state index in [9.17, 15) is 9.59 Å². The first-order chi connectivity index (χ1) is 14.0. The number of hydrogen-bond acceptors (Lipinski definition) is 5. The Balaban J connectivity index is 1.64. The Labute approximate surface area is 169 Å². The van der Waals surface area contributed by atoms with Gasteiger partial charge >= 0.3 is 0 Å². The van der Waals surface area contributed by atoms with Crippen LogP contribution in [0.1, 0.15) is 37.2 Å². The maximum Gasteiger partial charge on any atom is 0.276 e. The molecule has 1 fully saturated rings. The van der Waals surface area contributed by atoms with E-state index in [-0.39, 0.29) is 23.1 Å². The van der Waals surface area contributed by atoms with Gasteiger partial charge in [0.15, 0.2) is 5.69 Å². The van der Waals surface area contributed by atoms with E-state index in [0.29, 0.717) is 23.0 Å². The van der Waals surface area contributed by atoms with E-state index in [1.165, 1.54) is 17.5 Å². The number of pyridine rings is 1. The van der Waals surface area contributed by atoms with Gasteiger partial charge in [0.25, 0.3) is 11.5 Å². The van der Waals surface area contributed by atoms with E-state index < -0.39 is 0 Å². The van der Waals surface area contributed by atoms with E-state index in [1.807, 2.05) is 26.0 Å². The second-order valence-corrected chi connectivity index (χ2v) is 7.83. The standard InChI is InChI=1S/C22H25N5O2/c1-15(2)14-27-22(29)18-8-4-3-7-17(18)20(25-27)21(28)24-16-9-10-19(23-13-16)26-11-5-6-12-26/h3-4,7-10,13,15H,5-6,11-12,14H2,1-2H3,(H,24,28). The van der Waals surface area contributed by atoms with Gasteiger partial charge in [-0.1, -0.05) is 32.0 Å². The van der Waals surface area contributed by atoms with Gasteiger partial charge in [-0.15, -0.1) is 0 Å². The molecule has 1 saturated heterocycles. The fraction of sp³-hybridized carbons (Fsp3) is 0.364. The molecule has 0 bridgehead atoms. The van der Waals surface area contributed by atoms with Crippen molar-refractivity contribution >= 4 is 28.2 Å². The minimum atomic E-state index is -0.352. The number of hydrogen-bond donors (Lipinski definition) is 1. The third-order valence-corrected chi connectivity index (χ3v) is 5.06. The maximum atomic E-state index is 13.0. The maximum absolute atomic E-state index is 13.0. The van der Waals surface area contributed by atoms with Gasteiger partial charge in [-0.05, 0) is 37.0 Å². The lowest BCUT2D eigenvalue weighted by molar-refractivity contribution is 0.102. The van der Waals surface area contributed by atoms with Gasteiger partial charge in [0.05, 0.1) is 17.3 Å². The number of carbonyl (C=O) groups excluding carboxylic acids is 1. The molecule has 3 heterocycles. The molecule has 2 aromatic heterocycles. The Morgan fingerprint density at radius 2 is 1.83 bits per heavy atom. The van der Waals surface area contributed by atoms with Crippen LogP contribution < -0.4 is 15.8 Å². The molecule has 7 heteroatoms. The van der Waals surface area contributed by atoms with Crippen LogP contribution in [0.25, 0.3) is 10.8 Å². The van der Waals surface area contributed by atoms with Gasteiger partial charge in [0, 0.05) is 25.0 Å². The van der Waals surface area contributed by atoms with Gasteiger partial charge < -0.3 is 10.2 Å². The number of fused-ring (bicyclic) bond motifs is 1. The smallest absolute Gasteiger partial charge is 0.276 e. The van der Waals surface area contributed by atoms with Crippen LogP contribution in [0.5, 0.6) is 0 Å². The molecule has 0 radical (unpaired) electrons. The van der Waals surface area contributed by atoms with E-state index in [1.54, 1.807) is 30.5 Å². The number of nitrogens with one attached hydrogen (secondary N) is 1. The predicted octanol–water partition coefficient (Wildman–Crippen LogP) is 3.30. The lowest BCUT2D eigenvalue weighted by Gasteiger charge is -2.16. The number of benzene rings is 1. The first-order valence-corrected chi connectivity index (χ1v) is 10.0. The summed E-state index contributed by atoms with van der Waals surface area (Å²) in [6, 6.07) is 10.9. The summed E-state index contributed by atoms with van der Waals surface area (Å²) in [5.41, 5.74) is 0.664. The molecule has 29 heavy (non-hydrogen) atoms. The van der Waals surface area contributed by atoms with Crippen molar-refractivity contribution in [3.05, 3.63) is 58.6 Å². The SMILES string of the molecule is CC(C)Cn1nc(C(=O)Nc2ccc(N3CCCC3)nc2)c2ccccc2c1=O. The van der Waals surface area contributed by atoms with Crippen molar-refractivity contribution < 1.29 is 4.79 Å². The molecule has 150 valence electrons. The normalized spacial score (nSPS) is 14.0. The number of amides is 1. The Morgan fingerprint density at radius 3 is 2.48 bits per heavy atom. The highest BCUT2D eigenvalue weighted by molar-refractivity contribution is 6.11. The van der Waals surface area contributed by atoms with E-state index >= 15 is 0 Å². The number of nitrogens with zero attached hydrogens (tertiary/aromatic N) is 4. The van der Waals surface area contributed by atoms with Crippen molar-refractivity contribution in [3.8, 4) is 0 Å². The molecule has 4 rings (SSSR count). The molecule has 7 nitrogen and oxygen atoms in total. The largest absolute Gasteiger partial charge is 0.357 e. The van der Waals surface area contributed by atoms with Gasteiger partial charge in [0.1, 0.15) is 5.82 Å². The highest BCUT2D eigenvalue weighted by Gasteiger charge is 2.18. The summed E-state index contributed by atoms with van der Waals surface area (Å²) in [6.45, 7) is 6.52. The molecule has 1 amide bonds. The molecule has 0 unspecified atom stereocenters. The van der Waals surface area contributed by atoms with Crippen LogP contribution in [0.15, 0.2) is 47.4 Å². The summed E-state index contributed by atoms with van der Waals surface area (Å²) in [7, 11) is 0. The van der Waals surface area contributed by atoms with Crippen molar-refractivity contribution in [1.29, 1.82) is 0 Å². The Bertz CT molecular complexity index is 1080. The number of rotatable bonds is 5. The van der Waals surface area contributed by atoms with Crippen LogP contribution in [0.2, 0.25) is 0 Å². The zero-order chi connectivity index (χ0) is 20.4.